The van der Waals surface area contributed by atoms with E-state index < -0.39 is 0 Å². The van der Waals surface area contributed by atoms with E-state index in [1.54, 1.807) is 11.3 Å². The van der Waals surface area contributed by atoms with Crippen LogP contribution in [0.2, 0.25) is 0 Å². The fraction of sp³-hybridized carbons (Fsp3) is 0.214. The lowest BCUT2D eigenvalue weighted by molar-refractivity contribution is 0.423. The highest BCUT2D eigenvalue weighted by Gasteiger charge is 2.11. The number of hydrogen-bond donors (Lipinski definition) is 1. The molecule has 3 rings (SSSR count). The molecule has 0 amide bonds. The first-order valence-electron chi connectivity index (χ1n) is 6.22. The Morgan fingerprint density at radius 2 is 2.10 bits per heavy atom. The Hall–Kier alpha value is -2.21. The molecular formula is C14H14N4OS. The zero-order valence-corrected chi connectivity index (χ0v) is 12.1. The van der Waals surface area contributed by atoms with Gasteiger partial charge in [-0.15, -0.1) is 11.3 Å². The monoisotopic (exact) mass is 286 g/mol. The highest BCUT2D eigenvalue weighted by molar-refractivity contribution is 7.09. The van der Waals surface area contributed by atoms with Gasteiger partial charge in [0, 0.05) is 16.6 Å². The number of aromatic nitrogens is 3. The summed E-state index contributed by atoms with van der Waals surface area (Å²) in [6.45, 7) is 3.94. The first-order valence-corrected chi connectivity index (χ1v) is 7.10. The molecule has 5 nitrogen and oxygen atoms in total. The van der Waals surface area contributed by atoms with Crippen molar-refractivity contribution in [2.24, 2.45) is 0 Å². The Bertz CT molecular complexity index is 747. The van der Waals surface area contributed by atoms with Crippen LogP contribution in [0.25, 0.3) is 11.5 Å². The van der Waals surface area contributed by atoms with Crippen molar-refractivity contribution in [2.45, 2.75) is 20.3 Å². The third-order valence-corrected chi connectivity index (χ3v) is 3.82. The van der Waals surface area contributed by atoms with Gasteiger partial charge in [-0.1, -0.05) is 11.2 Å². The number of aryl methyl sites for hydroxylation is 2. The fourth-order valence-electron chi connectivity index (χ4n) is 1.87. The molecule has 3 aromatic rings. The van der Waals surface area contributed by atoms with E-state index in [0.717, 1.165) is 27.5 Å². The minimum atomic E-state index is 0.485. The van der Waals surface area contributed by atoms with Gasteiger partial charge >= 0.3 is 0 Å². The van der Waals surface area contributed by atoms with Gasteiger partial charge < -0.3 is 10.3 Å². The molecule has 102 valence electrons. The highest BCUT2D eigenvalue weighted by atomic mass is 32.1. The molecule has 0 saturated carbocycles. The summed E-state index contributed by atoms with van der Waals surface area (Å²) in [5.41, 5.74) is 9.44. The predicted octanol–water partition coefficient (Wildman–Crippen LogP) is 2.98. The average molecular weight is 286 g/mol. The summed E-state index contributed by atoms with van der Waals surface area (Å²) >= 11 is 1.62. The lowest BCUT2D eigenvalue weighted by Crippen LogP contribution is -1.92. The Kier molecular flexibility index (Phi) is 3.23. The van der Waals surface area contributed by atoms with E-state index in [1.165, 1.54) is 0 Å². The Morgan fingerprint density at radius 3 is 2.80 bits per heavy atom. The van der Waals surface area contributed by atoms with E-state index in [0.29, 0.717) is 18.1 Å². The van der Waals surface area contributed by atoms with Crippen LogP contribution in [-0.2, 0) is 6.42 Å². The van der Waals surface area contributed by atoms with Crippen molar-refractivity contribution in [3.05, 3.63) is 45.7 Å². The first-order chi connectivity index (χ1) is 9.61. The third-order valence-electron chi connectivity index (χ3n) is 3.00. The van der Waals surface area contributed by atoms with E-state index in [-0.39, 0.29) is 0 Å². The molecule has 0 saturated heterocycles. The molecule has 2 heterocycles. The van der Waals surface area contributed by atoms with Crippen LogP contribution in [0.4, 0.5) is 5.69 Å². The van der Waals surface area contributed by atoms with E-state index in [2.05, 4.69) is 15.1 Å². The summed E-state index contributed by atoms with van der Waals surface area (Å²) in [4.78, 5) is 8.78. The largest absolute Gasteiger partial charge is 0.398 e. The Balaban J connectivity index is 1.84. The molecule has 2 aromatic heterocycles. The minimum Gasteiger partial charge on any atom is -0.398 e. The SMILES string of the molecule is Cc1nc(Cc2noc(-c3ccc(C)c(N)c3)n2)cs1. The number of nitrogen functional groups attached to an aromatic ring is 1. The van der Waals surface area contributed by atoms with Crippen LogP contribution in [0.5, 0.6) is 0 Å². The quantitative estimate of drug-likeness (QED) is 0.749. The molecule has 0 bridgehead atoms. The highest BCUT2D eigenvalue weighted by Crippen LogP contribution is 2.22. The zero-order valence-electron chi connectivity index (χ0n) is 11.3. The molecule has 0 fully saturated rings. The van der Waals surface area contributed by atoms with Crippen LogP contribution in [0.3, 0.4) is 0 Å². The molecule has 6 heteroatoms. The second-order valence-corrected chi connectivity index (χ2v) is 5.68. The summed E-state index contributed by atoms with van der Waals surface area (Å²) in [5.74, 6) is 1.11. The maximum Gasteiger partial charge on any atom is 0.258 e. The van der Waals surface area contributed by atoms with Crippen LogP contribution in [0.15, 0.2) is 28.1 Å². The lowest BCUT2D eigenvalue weighted by atomic mass is 10.1. The summed E-state index contributed by atoms with van der Waals surface area (Å²) in [6.07, 6.45) is 0.579. The van der Waals surface area contributed by atoms with Gasteiger partial charge in [0.2, 0.25) is 0 Å². The van der Waals surface area contributed by atoms with E-state index >= 15 is 0 Å². The van der Waals surface area contributed by atoms with Crippen molar-refractivity contribution in [3.63, 3.8) is 0 Å². The fourth-order valence-corrected chi connectivity index (χ4v) is 2.48. The molecule has 0 unspecified atom stereocenters. The van der Waals surface area contributed by atoms with E-state index in [9.17, 15) is 0 Å². The molecular weight excluding hydrogens is 272 g/mol. The van der Waals surface area contributed by atoms with Gasteiger partial charge in [0.05, 0.1) is 17.1 Å². The topological polar surface area (TPSA) is 77.8 Å². The molecule has 1 aromatic carbocycles. The van der Waals surface area contributed by atoms with Crippen LogP contribution in [0.1, 0.15) is 22.1 Å². The van der Waals surface area contributed by atoms with Crippen LogP contribution in [-0.4, -0.2) is 15.1 Å². The number of benzene rings is 1. The number of thiazole rings is 1. The van der Waals surface area contributed by atoms with Gasteiger partial charge in [-0.25, -0.2) is 4.98 Å². The molecule has 0 radical (unpaired) electrons. The van der Waals surface area contributed by atoms with E-state index in [1.807, 2.05) is 37.4 Å². The van der Waals surface area contributed by atoms with Crippen molar-refractivity contribution < 1.29 is 4.52 Å². The maximum absolute atomic E-state index is 5.89. The minimum absolute atomic E-state index is 0.485. The van der Waals surface area contributed by atoms with Crippen molar-refractivity contribution >= 4 is 17.0 Å². The Morgan fingerprint density at radius 1 is 1.25 bits per heavy atom. The number of hydrogen-bond acceptors (Lipinski definition) is 6. The van der Waals surface area contributed by atoms with Gasteiger partial charge in [0.15, 0.2) is 5.82 Å². The van der Waals surface area contributed by atoms with Gasteiger partial charge in [-0.05, 0) is 31.5 Å². The zero-order chi connectivity index (χ0) is 14.1. The van der Waals surface area contributed by atoms with Crippen molar-refractivity contribution in [1.82, 2.24) is 15.1 Å². The van der Waals surface area contributed by atoms with Crippen molar-refractivity contribution in [2.75, 3.05) is 5.73 Å². The number of nitrogens with zero attached hydrogens (tertiary/aromatic N) is 3. The molecule has 0 aliphatic heterocycles. The van der Waals surface area contributed by atoms with E-state index in [4.69, 9.17) is 10.3 Å². The number of anilines is 1. The molecule has 20 heavy (non-hydrogen) atoms. The summed E-state index contributed by atoms with van der Waals surface area (Å²) in [7, 11) is 0. The first kappa shape index (κ1) is 12.8. The average Bonchev–Trinajstić information content (AvgIpc) is 3.03. The Labute approximate surface area is 120 Å². The lowest BCUT2D eigenvalue weighted by Gasteiger charge is -2.00. The van der Waals surface area contributed by atoms with Gasteiger partial charge in [-0.2, -0.15) is 4.98 Å². The molecule has 0 aliphatic carbocycles. The molecule has 0 spiro atoms. The van der Waals surface area contributed by atoms with Gasteiger partial charge in [0.1, 0.15) is 0 Å². The van der Waals surface area contributed by atoms with Crippen molar-refractivity contribution in [1.29, 1.82) is 0 Å². The maximum atomic E-state index is 5.89. The van der Waals surface area contributed by atoms with Crippen LogP contribution >= 0.6 is 11.3 Å². The second-order valence-electron chi connectivity index (χ2n) is 4.62. The number of rotatable bonds is 3. The van der Waals surface area contributed by atoms with Gasteiger partial charge in [-0.3, -0.25) is 0 Å². The standard InChI is InChI=1S/C14H14N4OS/c1-8-3-4-10(5-12(8)15)14-17-13(18-19-14)6-11-7-20-9(2)16-11/h3-5,7H,6,15H2,1-2H3. The third kappa shape index (κ3) is 2.55. The predicted molar refractivity (Wildman–Crippen MR) is 78.5 cm³/mol. The van der Waals surface area contributed by atoms with Gasteiger partial charge in [0.25, 0.3) is 5.89 Å². The molecule has 0 atom stereocenters. The van der Waals surface area contributed by atoms with Crippen LogP contribution < -0.4 is 5.73 Å². The molecule has 0 aliphatic rings. The normalized spacial score (nSPS) is 10.9. The summed E-state index contributed by atoms with van der Waals surface area (Å²) in [6, 6.07) is 5.72. The molecule has 2 N–H and O–H groups in total. The summed E-state index contributed by atoms with van der Waals surface area (Å²) in [5, 5.41) is 7.03. The second kappa shape index (κ2) is 5.05. The number of nitrogens with two attached hydrogens (primary N) is 1. The smallest absolute Gasteiger partial charge is 0.258 e. The van der Waals surface area contributed by atoms with Crippen LogP contribution in [0, 0.1) is 13.8 Å². The van der Waals surface area contributed by atoms with Crippen molar-refractivity contribution in [3.8, 4) is 11.5 Å². The summed E-state index contributed by atoms with van der Waals surface area (Å²) < 4.78 is 5.28.